The molecule has 0 amide bonds. The molecule has 0 saturated heterocycles. The lowest BCUT2D eigenvalue weighted by Gasteiger charge is -2.26. The average molecular weight is 274 g/mol. The van der Waals surface area contributed by atoms with Crippen LogP contribution < -0.4 is 5.73 Å². The lowest BCUT2D eigenvalue weighted by Crippen LogP contribution is -2.37. The molecule has 0 saturated carbocycles. The van der Waals surface area contributed by atoms with E-state index in [0.717, 1.165) is 11.3 Å². The minimum atomic E-state index is -0.571. The van der Waals surface area contributed by atoms with Crippen molar-refractivity contribution in [2.45, 2.75) is 26.7 Å². The van der Waals surface area contributed by atoms with E-state index in [1.54, 1.807) is 0 Å². The van der Waals surface area contributed by atoms with E-state index in [0.29, 0.717) is 32.5 Å². The molecular weight excluding hydrogens is 252 g/mol. The number of carbonyl (C=O) groups is 1. The molecule has 108 valence electrons. The van der Waals surface area contributed by atoms with E-state index in [1.165, 1.54) is 5.56 Å². The van der Waals surface area contributed by atoms with Gasteiger partial charge in [-0.15, -0.1) is 0 Å². The van der Waals surface area contributed by atoms with E-state index < -0.39 is 5.41 Å². The third-order valence-corrected chi connectivity index (χ3v) is 3.72. The van der Waals surface area contributed by atoms with Crippen LogP contribution in [0, 0.1) is 12.3 Å². The Hall–Kier alpha value is -1.68. The molecule has 0 radical (unpaired) electrons. The number of nitrogens with two attached hydrogens (primary N) is 1. The highest BCUT2D eigenvalue weighted by molar-refractivity contribution is 5.94. The monoisotopic (exact) mass is 274 g/mol. The number of benzene rings is 1. The van der Waals surface area contributed by atoms with Gasteiger partial charge >= 0.3 is 5.97 Å². The first-order valence-electron chi connectivity index (χ1n) is 7.04. The van der Waals surface area contributed by atoms with Gasteiger partial charge in [0.1, 0.15) is 0 Å². The third-order valence-electron chi connectivity index (χ3n) is 3.72. The summed E-state index contributed by atoms with van der Waals surface area (Å²) < 4.78 is 5.27. The molecule has 1 aliphatic heterocycles. The maximum atomic E-state index is 12.4. The number of rotatable bonds is 5. The summed E-state index contributed by atoms with van der Waals surface area (Å²) in [5, 5.41) is 0. The normalized spacial score (nSPS) is 21.6. The fourth-order valence-corrected chi connectivity index (χ4v) is 2.73. The Bertz CT molecular complexity index is 525. The molecule has 1 aliphatic rings. The Morgan fingerprint density at radius 1 is 1.50 bits per heavy atom. The number of aryl methyl sites for hydroxylation is 1. The molecule has 4 nitrogen and oxygen atoms in total. The number of hydrogen-bond donors (Lipinski definition) is 1. The molecule has 0 aromatic heterocycles. The molecule has 0 bridgehead atoms. The summed E-state index contributed by atoms with van der Waals surface area (Å²) in [5.74, 6) is -0.159. The highest BCUT2D eigenvalue weighted by Crippen LogP contribution is 2.34. The lowest BCUT2D eigenvalue weighted by atomic mass is 9.79. The third kappa shape index (κ3) is 3.07. The molecule has 0 fully saturated rings. The van der Waals surface area contributed by atoms with Gasteiger partial charge in [0.25, 0.3) is 0 Å². The summed E-state index contributed by atoms with van der Waals surface area (Å²) in [5.41, 5.74) is 8.34. The van der Waals surface area contributed by atoms with Crippen molar-refractivity contribution in [2.75, 3.05) is 19.7 Å². The summed E-state index contributed by atoms with van der Waals surface area (Å²) in [6.07, 6.45) is 1.26. The van der Waals surface area contributed by atoms with Crippen molar-refractivity contribution in [3.05, 3.63) is 35.4 Å². The Labute approximate surface area is 120 Å². The van der Waals surface area contributed by atoms with Gasteiger partial charge in [0.2, 0.25) is 0 Å². The molecule has 0 spiro atoms. The number of ether oxygens (including phenoxy) is 1. The lowest BCUT2D eigenvalue weighted by molar-refractivity contribution is -0.154. The van der Waals surface area contributed by atoms with Gasteiger partial charge in [0.15, 0.2) is 0 Å². The van der Waals surface area contributed by atoms with Crippen LogP contribution in [0.2, 0.25) is 0 Å². The van der Waals surface area contributed by atoms with Crippen LogP contribution in [0.15, 0.2) is 29.3 Å². The molecule has 1 aromatic carbocycles. The van der Waals surface area contributed by atoms with E-state index in [2.05, 4.69) is 30.1 Å². The maximum absolute atomic E-state index is 12.4. The fraction of sp³-hybridized carbons (Fsp3) is 0.500. The van der Waals surface area contributed by atoms with Crippen LogP contribution in [-0.4, -0.2) is 31.4 Å². The molecule has 1 atom stereocenters. The minimum absolute atomic E-state index is 0.159. The number of aliphatic imine (C=N–C) groups is 1. The molecule has 1 unspecified atom stereocenters. The molecule has 4 heteroatoms. The number of hydrogen-bond acceptors (Lipinski definition) is 4. The number of nitrogens with zero attached hydrogens (tertiary/aromatic N) is 1. The second kappa shape index (κ2) is 6.18. The van der Waals surface area contributed by atoms with Crippen LogP contribution in [0.3, 0.4) is 0 Å². The molecule has 2 rings (SSSR count). The zero-order valence-electron chi connectivity index (χ0n) is 12.2. The van der Waals surface area contributed by atoms with Gasteiger partial charge in [-0.1, -0.05) is 29.8 Å². The van der Waals surface area contributed by atoms with Crippen molar-refractivity contribution in [3.63, 3.8) is 0 Å². The van der Waals surface area contributed by atoms with Gasteiger partial charge < -0.3 is 10.5 Å². The largest absolute Gasteiger partial charge is 0.465 e. The van der Waals surface area contributed by atoms with Crippen molar-refractivity contribution < 1.29 is 9.53 Å². The highest BCUT2D eigenvalue weighted by atomic mass is 16.5. The summed E-state index contributed by atoms with van der Waals surface area (Å²) in [4.78, 5) is 16.8. The van der Waals surface area contributed by atoms with Gasteiger partial charge in [0, 0.05) is 18.7 Å². The van der Waals surface area contributed by atoms with E-state index >= 15 is 0 Å². The molecule has 1 aromatic rings. The van der Waals surface area contributed by atoms with Gasteiger partial charge in [-0.2, -0.15) is 0 Å². The van der Waals surface area contributed by atoms with Gasteiger partial charge in [-0.3, -0.25) is 9.79 Å². The zero-order valence-corrected chi connectivity index (χ0v) is 12.2. The second-order valence-electron chi connectivity index (χ2n) is 5.43. The van der Waals surface area contributed by atoms with Crippen LogP contribution in [-0.2, 0) is 16.0 Å². The zero-order chi connectivity index (χ0) is 14.6. The number of carbonyl (C=O) groups excluding carboxylic acids is 1. The SMILES string of the molecule is CCOC(=O)C1(Cc2cccc(C)c2)CN=C(CN)C1. The Morgan fingerprint density at radius 2 is 2.30 bits per heavy atom. The van der Waals surface area contributed by atoms with E-state index in [-0.39, 0.29) is 5.97 Å². The Kier molecular flexibility index (Phi) is 4.55. The van der Waals surface area contributed by atoms with E-state index in [4.69, 9.17) is 10.5 Å². The van der Waals surface area contributed by atoms with Gasteiger partial charge in [-0.05, 0) is 25.8 Å². The van der Waals surface area contributed by atoms with Crippen molar-refractivity contribution in [3.8, 4) is 0 Å². The highest BCUT2D eigenvalue weighted by Gasteiger charge is 2.44. The first kappa shape index (κ1) is 14.7. The molecule has 20 heavy (non-hydrogen) atoms. The van der Waals surface area contributed by atoms with Crippen molar-refractivity contribution >= 4 is 11.7 Å². The predicted octanol–water partition coefficient (Wildman–Crippen LogP) is 1.89. The van der Waals surface area contributed by atoms with E-state index in [9.17, 15) is 4.79 Å². The van der Waals surface area contributed by atoms with Crippen LogP contribution in [0.4, 0.5) is 0 Å². The van der Waals surface area contributed by atoms with Crippen LogP contribution >= 0.6 is 0 Å². The molecular formula is C16H22N2O2. The van der Waals surface area contributed by atoms with Gasteiger partial charge in [-0.25, -0.2) is 0 Å². The topological polar surface area (TPSA) is 64.7 Å². The van der Waals surface area contributed by atoms with Crippen LogP contribution in [0.5, 0.6) is 0 Å². The smallest absolute Gasteiger partial charge is 0.314 e. The Balaban J connectivity index is 2.22. The summed E-state index contributed by atoms with van der Waals surface area (Å²) in [6.45, 7) is 5.17. The predicted molar refractivity (Wildman–Crippen MR) is 79.9 cm³/mol. The minimum Gasteiger partial charge on any atom is -0.465 e. The standard InChI is InChI=1S/C16H22N2O2/c1-3-20-15(19)16(9-14(10-17)18-11-16)8-13-6-4-5-12(2)7-13/h4-7H,3,8-11,17H2,1-2H3. The maximum Gasteiger partial charge on any atom is 0.314 e. The Morgan fingerprint density at radius 3 is 2.90 bits per heavy atom. The van der Waals surface area contributed by atoms with Gasteiger partial charge in [0.05, 0.1) is 18.6 Å². The fourth-order valence-electron chi connectivity index (χ4n) is 2.73. The second-order valence-corrected chi connectivity index (χ2v) is 5.43. The molecule has 2 N–H and O–H groups in total. The average Bonchev–Trinajstić information content (AvgIpc) is 2.84. The van der Waals surface area contributed by atoms with Crippen LogP contribution in [0.1, 0.15) is 24.5 Å². The summed E-state index contributed by atoms with van der Waals surface area (Å²) in [6, 6.07) is 8.23. The van der Waals surface area contributed by atoms with E-state index in [1.807, 2.05) is 13.0 Å². The first-order chi connectivity index (χ1) is 9.59. The van der Waals surface area contributed by atoms with Crippen molar-refractivity contribution in [1.82, 2.24) is 0 Å². The summed E-state index contributed by atoms with van der Waals surface area (Å²) in [7, 11) is 0. The van der Waals surface area contributed by atoms with Crippen molar-refractivity contribution in [2.24, 2.45) is 16.1 Å². The quantitative estimate of drug-likeness (QED) is 0.834. The van der Waals surface area contributed by atoms with Crippen LogP contribution in [0.25, 0.3) is 0 Å². The van der Waals surface area contributed by atoms with Crippen molar-refractivity contribution in [1.29, 1.82) is 0 Å². The summed E-state index contributed by atoms with van der Waals surface area (Å²) >= 11 is 0. The first-order valence-corrected chi connectivity index (χ1v) is 7.04. The molecule has 0 aliphatic carbocycles. The molecule has 1 heterocycles. The number of esters is 1.